The Hall–Kier alpha value is -2.40. The highest BCUT2D eigenvalue weighted by Crippen LogP contribution is 2.41. The van der Waals surface area contributed by atoms with Gasteiger partial charge in [0.25, 0.3) is 5.56 Å². The molecule has 4 nitrogen and oxygen atoms in total. The number of pyridine rings is 1. The smallest absolute Gasteiger partial charge is 0.255 e. The molecule has 0 fully saturated rings. The van der Waals surface area contributed by atoms with E-state index in [1.54, 1.807) is 22.9 Å². The van der Waals surface area contributed by atoms with Crippen molar-refractivity contribution in [1.29, 1.82) is 0 Å². The van der Waals surface area contributed by atoms with E-state index in [0.29, 0.717) is 10.7 Å². The minimum absolute atomic E-state index is 0.0915. The number of hydrogen-bond acceptors (Lipinski definition) is 3. The van der Waals surface area contributed by atoms with E-state index >= 15 is 0 Å². The maximum Gasteiger partial charge on any atom is 0.255 e. The molecule has 0 aliphatic carbocycles. The van der Waals surface area contributed by atoms with Gasteiger partial charge in [-0.15, -0.1) is 0 Å². The molecule has 1 aliphatic heterocycles. The summed E-state index contributed by atoms with van der Waals surface area (Å²) in [6.07, 6.45) is 1.76. The number of hydrogen-bond donors (Lipinski definition) is 1. The van der Waals surface area contributed by atoms with Gasteiger partial charge >= 0.3 is 0 Å². The Bertz CT molecular complexity index is 894. The van der Waals surface area contributed by atoms with Gasteiger partial charge in [0.1, 0.15) is 16.3 Å². The highest BCUT2D eigenvalue weighted by molar-refractivity contribution is 7.80. The Morgan fingerprint density at radius 1 is 1.26 bits per heavy atom. The fourth-order valence-electron chi connectivity index (χ4n) is 2.72. The van der Waals surface area contributed by atoms with Crippen LogP contribution in [-0.4, -0.2) is 15.2 Å². The zero-order chi connectivity index (χ0) is 16.8. The van der Waals surface area contributed by atoms with Crippen LogP contribution < -0.4 is 16.0 Å². The second-order valence-electron chi connectivity index (χ2n) is 6.07. The van der Waals surface area contributed by atoms with Crippen molar-refractivity contribution in [3.63, 3.8) is 0 Å². The largest absolute Gasteiger partial charge is 0.483 e. The molecule has 0 amide bonds. The van der Waals surface area contributed by atoms with Crippen LogP contribution in [0.1, 0.15) is 31.9 Å². The zero-order valence-electron chi connectivity index (χ0n) is 13.3. The standard InChI is InChI=1S/C18H18N2O2S/c1-11-16(20-9-5-4-6-15(20)21)13-10-12(17(19)23)7-8-14(13)22-18(11,2)3/h4-10H,1-3H3,(H2,19,23). The third-order valence-electron chi connectivity index (χ3n) is 4.21. The van der Waals surface area contributed by atoms with E-state index in [4.69, 9.17) is 22.7 Å². The number of thiocarbonyl (C=S) groups is 1. The van der Waals surface area contributed by atoms with Crippen molar-refractivity contribution >= 4 is 22.9 Å². The van der Waals surface area contributed by atoms with E-state index in [2.05, 4.69) is 0 Å². The molecule has 1 aliphatic rings. The molecular weight excluding hydrogens is 308 g/mol. The molecule has 2 aromatic rings. The van der Waals surface area contributed by atoms with E-state index < -0.39 is 5.60 Å². The van der Waals surface area contributed by atoms with Crippen LogP contribution in [0.2, 0.25) is 0 Å². The van der Waals surface area contributed by atoms with Crippen molar-refractivity contribution < 1.29 is 4.74 Å². The summed E-state index contributed by atoms with van der Waals surface area (Å²) < 4.78 is 7.74. The average molecular weight is 326 g/mol. The number of fused-ring (bicyclic) bond motifs is 1. The SMILES string of the molecule is CC1=C(n2ccccc2=O)c2cc(C(N)=S)ccc2OC1(C)C. The van der Waals surface area contributed by atoms with E-state index in [9.17, 15) is 4.79 Å². The molecule has 2 heterocycles. The van der Waals surface area contributed by atoms with Gasteiger partial charge in [-0.25, -0.2) is 0 Å². The van der Waals surface area contributed by atoms with Crippen LogP contribution in [0.25, 0.3) is 5.70 Å². The zero-order valence-corrected chi connectivity index (χ0v) is 14.1. The Kier molecular flexibility index (Phi) is 3.60. The van der Waals surface area contributed by atoms with Crippen LogP contribution in [0.3, 0.4) is 0 Å². The molecule has 0 spiro atoms. The third-order valence-corrected chi connectivity index (χ3v) is 4.44. The fraction of sp³-hybridized carbons (Fsp3) is 0.222. The molecule has 0 unspecified atom stereocenters. The van der Waals surface area contributed by atoms with Crippen LogP contribution in [0.4, 0.5) is 0 Å². The van der Waals surface area contributed by atoms with Gasteiger partial charge in [-0.1, -0.05) is 18.3 Å². The van der Waals surface area contributed by atoms with E-state index in [1.165, 1.54) is 0 Å². The Balaban J connectivity index is 2.35. The molecule has 3 rings (SSSR count). The topological polar surface area (TPSA) is 57.2 Å². The Morgan fingerprint density at radius 2 is 2.00 bits per heavy atom. The van der Waals surface area contributed by atoms with Crippen molar-refractivity contribution in [1.82, 2.24) is 4.57 Å². The number of nitrogens with zero attached hydrogens (tertiary/aromatic N) is 1. The number of aromatic nitrogens is 1. The second kappa shape index (κ2) is 5.35. The minimum atomic E-state index is -0.512. The lowest BCUT2D eigenvalue weighted by atomic mass is 9.90. The third kappa shape index (κ3) is 2.57. The van der Waals surface area contributed by atoms with E-state index in [0.717, 1.165) is 22.4 Å². The second-order valence-corrected chi connectivity index (χ2v) is 6.51. The lowest BCUT2D eigenvalue weighted by molar-refractivity contribution is 0.143. The monoisotopic (exact) mass is 326 g/mol. The first-order chi connectivity index (χ1) is 10.8. The van der Waals surface area contributed by atoms with Crippen LogP contribution in [0.5, 0.6) is 5.75 Å². The lowest BCUT2D eigenvalue weighted by Gasteiger charge is -2.36. The summed E-state index contributed by atoms with van der Waals surface area (Å²) in [4.78, 5) is 12.7. The molecule has 0 bridgehead atoms. The van der Waals surface area contributed by atoms with Gasteiger partial charge in [0.15, 0.2) is 0 Å². The molecule has 2 N–H and O–H groups in total. The summed E-state index contributed by atoms with van der Waals surface area (Å²) in [6.45, 7) is 5.95. The predicted octanol–water partition coefficient (Wildman–Crippen LogP) is 2.93. The van der Waals surface area contributed by atoms with Crippen molar-refractivity contribution in [3.8, 4) is 5.75 Å². The highest BCUT2D eigenvalue weighted by Gasteiger charge is 2.33. The van der Waals surface area contributed by atoms with Gasteiger partial charge in [0.2, 0.25) is 0 Å². The number of benzene rings is 1. The molecule has 0 saturated carbocycles. The summed E-state index contributed by atoms with van der Waals surface area (Å²) >= 11 is 5.08. The van der Waals surface area contributed by atoms with Crippen LogP contribution in [-0.2, 0) is 0 Å². The van der Waals surface area contributed by atoms with Gasteiger partial charge in [-0.05, 0) is 50.6 Å². The lowest BCUT2D eigenvalue weighted by Crippen LogP contribution is -2.36. The predicted molar refractivity (Wildman–Crippen MR) is 95.7 cm³/mol. The molecule has 0 radical (unpaired) electrons. The van der Waals surface area contributed by atoms with Gasteiger partial charge in [-0.2, -0.15) is 0 Å². The molecule has 118 valence electrons. The summed E-state index contributed by atoms with van der Waals surface area (Å²) in [5.41, 5.74) is 8.51. The van der Waals surface area contributed by atoms with Crippen molar-refractivity contribution in [3.05, 3.63) is 69.6 Å². The quantitative estimate of drug-likeness (QED) is 0.862. The molecule has 0 saturated heterocycles. The maximum absolute atomic E-state index is 12.3. The molecule has 5 heteroatoms. The van der Waals surface area contributed by atoms with Crippen molar-refractivity contribution in [2.24, 2.45) is 5.73 Å². The molecule has 1 aromatic carbocycles. The van der Waals surface area contributed by atoms with Gasteiger partial charge in [0.05, 0.1) is 5.70 Å². The van der Waals surface area contributed by atoms with Gasteiger partial charge < -0.3 is 10.5 Å². The summed E-state index contributed by atoms with van der Waals surface area (Å²) in [6, 6.07) is 10.7. The van der Waals surface area contributed by atoms with E-state index in [-0.39, 0.29) is 5.56 Å². The number of rotatable bonds is 2. The average Bonchev–Trinajstić information content (AvgIpc) is 2.49. The summed E-state index contributed by atoms with van der Waals surface area (Å²) in [7, 11) is 0. The normalized spacial score (nSPS) is 15.8. The number of ether oxygens (including phenoxy) is 1. The van der Waals surface area contributed by atoms with Crippen molar-refractivity contribution in [2.45, 2.75) is 26.4 Å². The Labute approximate surface area is 140 Å². The molecule has 23 heavy (non-hydrogen) atoms. The molecular formula is C18H18N2O2S. The fourth-order valence-corrected chi connectivity index (χ4v) is 2.85. The highest BCUT2D eigenvalue weighted by atomic mass is 32.1. The number of nitrogens with two attached hydrogens (primary N) is 1. The van der Waals surface area contributed by atoms with Crippen LogP contribution >= 0.6 is 12.2 Å². The summed E-state index contributed by atoms with van der Waals surface area (Å²) in [5.74, 6) is 0.714. The molecule has 1 aromatic heterocycles. The summed E-state index contributed by atoms with van der Waals surface area (Å²) in [5, 5.41) is 0. The maximum atomic E-state index is 12.3. The van der Waals surface area contributed by atoms with Crippen molar-refractivity contribution in [2.75, 3.05) is 0 Å². The first-order valence-corrected chi connectivity index (χ1v) is 7.75. The van der Waals surface area contributed by atoms with E-state index in [1.807, 2.05) is 45.0 Å². The van der Waals surface area contributed by atoms with Crippen LogP contribution in [0, 0.1) is 0 Å². The van der Waals surface area contributed by atoms with Gasteiger partial charge in [0, 0.05) is 23.4 Å². The van der Waals surface area contributed by atoms with Gasteiger partial charge in [-0.3, -0.25) is 9.36 Å². The first-order valence-electron chi connectivity index (χ1n) is 7.34. The minimum Gasteiger partial charge on any atom is -0.483 e. The first kappa shape index (κ1) is 15.5. The molecule has 0 atom stereocenters. The Morgan fingerprint density at radius 3 is 2.65 bits per heavy atom. The van der Waals surface area contributed by atoms with Crippen LogP contribution in [0.15, 0.2) is 53.0 Å².